The Kier molecular flexibility index (Phi) is 3.61. The smallest absolute Gasteiger partial charge is 0.123 e. The second kappa shape index (κ2) is 4.74. The van der Waals surface area contributed by atoms with Gasteiger partial charge in [-0.1, -0.05) is 18.2 Å². The summed E-state index contributed by atoms with van der Waals surface area (Å²) in [5.41, 5.74) is 6.64. The van der Waals surface area contributed by atoms with Crippen LogP contribution in [0.4, 0.5) is 4.39 Å². The molecule has 0 saturated carbocycles. The molecule has 0 heterocycles. The van der Waals surface area contributed by atoms with Crippen LogP contribution in [0.5, 0.6) is 0 Å². The molecule has 0 amide bonds. The molecule has 3 N–H and O–H groups in total. The van der Waals surface area contributed by atoms with Gasteiger partial charge in [-0.3, -0.25) is 0 Å². The molecule has 0 unspecified atom stereocenters. The molecule has 13 heavy (non-hydrogen) atoms. The second-order valence-electron chi connectivity index (χ2n) is 2.64. The van der Waals surface area contributed by atoms with Crippen LogP contribution in [0.25, 0.3) is 6.08 Å². The van der Waals surface area contributed by atoms with Crippen molar-refractivity contribution in [3.63, 3.8) is 0 Å². The lowest BCUT2D eigenvalue weighted by Gasteiger charge is -2.01. The SMILES string of the molecule is NCC=Cc1cc(F)ccc1CO. The summed E-state index contributed by atoms with van der Waals surface area (Å²) in [5, 5.41) is 8.92. The Bertz CT molecular complexity index is 310. The molecule has 1 rings (SSSR count). The van der Waals surface area contributed by atoms with Gasteiger partial charge in [0, 0.05) is 6.54 Å². The van der Waals surface area contributed by atoms with Gasteiger partial charge in [0.05, 0.1) is 6.61 Å². The zero-order valence-electron chi connectivity index (χ0n) is 7.20. The standard InChI is InChI=1S/C10H12FNO/c11-10-4-3-9(7-13)8(6-10)2-1-5-12/h1-4,6,13H,5,7,12H2. The van der Waals surface area contributed by atoms with Crippen molar-refractivity contribution in [1.29, 1.82) is 0 Å². The number of halogens is 1. The summed E-state index contributed by atoms with van der Waals surface area (Å²) in [5.74, 6) is -0.311. The van der Waals surface area contributed by atoms with E-state index in [0.29, 0.717) is 17.7 Å². The fraction of sp³-hybridized carbons (Fsp3) is 0.200. The molecule has 3 heteroatoms. The van der Waals surface area contributed by atoms with E-state index in [4.69, 9.17) is 10.8 Å². The molecule has 2 nitrogen and oxygen atoms in total. The van der Waals surface area contributed by atoms with Crippen molar-refractivity contribution >= 4 is 6.08 Å². The number of rotatable bonds is 3. The van der Waals surface area contributed by atoms with E-state index >= 15 is 0 Å². The summed E-state index contributed by atoms with van der Waals surface area (Å²) in [7, 11) is 0. The van der Waals surface area contributed by atoms with E-state index in [1.165, 1.54) is 12.1 Å². The van der Waals surface area contributed by atoms with Gasteiger partial charge in [-0.05, 0) is 23.3 Å². The lowest BCUT2D eigenvalue weighted by molar-refractivity contribution is 0.281. The Morgan fingerprint density at radius 3 is 2.85 bits per heavy atom. The van der Waals surface area contributed by atoms with E-state index in [9.17, 15) is 4.39 Å². The molecule has 0 aliphatic carbocycles. The van der Waals surface area contributed by atoms with Crippen LogP contribution in [0.15, 0.2) is 24.3 Å². The monoisotopic (exact) mass is 181 g/mol. The second-order valence-corrected chi connectivity index (χ2v) is 2.64. The molecule has 0 aromatic heterocycles. The Morgan fingerprint density at radius 1 is 1.46 bits per heavy atom. The molecule has 1 aromatic rings. The van der Waals surface area contributed by atoms with Crippen LogP contribution in [0.1, 0.15) is 11.1 Å². The zero-order valence-corrected chi connectivity index (χ0v) is 7.20. The maximum Gasteiger partial charge on any atom is 0.123 e. The van der Waals surface area contributed by atoms with Gasteiger partial charge in [0.1, 0.15) is 5.82 Å². The lowest BCUT2D eigenvalue weighted by atomic mass is 10.1. The van der Waals surface area contributed by atoms with Gasteiger partial charge in [0.25, 0.3) is 0 Å². The number of nitrogens with two attached hydrogens (primary N) is 1. The van der Waals surface area contributed by atoms with Gasteiger partial charge in [0.15, 0.2) is 0 Å². The summed E-state index contributed by atoms with van der Waals surface area (Å²) in [6, 6.07) is 4.26. The predicted octanol–water partition coefficient (Wildman–Crippen LogP) is 1.29. The van der Waals surface area contributed by atoms with Crippen LogP contribution in [-0.4, -0.2) is 11.7 Å². The first-order valence-electron chi connectivity index (χ1n) is 4.04. The van der Waals surface area contributed by atoms with Crippen LogP contribution in [-0.2, 0) is 6.61 Å². The van der Waals surface area contributed by atoms with Crippen molar-refractivity contribution in [2.75, 3.05) is 6.54 Å². The minimum Gasteiger partial charge on any atom is -0.392 e. The highest BCUT2D eigenvalue weighted by atomic mass is 19.1. The maximum absolute atomic E-state index is 12.8. The van der Waals surface area contributed by atoms with Gasteiger partial charge >= 0.3 is 0 Å². The van der Waals surface area contributed by atoms with Gasteiger partial charge in [-0.25, -0.2) is 4.39 Å². The fourth-order valence-corrected chi connectivity index (χ4v) is 1.06. The van der Waals surface area contributed by atoms with E-state index in [0.717, 1.165) is 0 Å². The fourth-order valence-electron chi connectivity index (χ4n) is 1.06. The zero-order chi connectivity index (χ0) is 9.68. The average Bonchev–Trinajstić information content (AvgIpc) is 2.15. The number of benzene rings is 1. The summed E-state index contributed by atoms with van der Waals surface area (Å²) in [6.07, 6.45) is 3.42. The minimum absolute atomic E-state index is 0.0927. The maximum atomic E-state index is 12.8. The van der Waals surface area contributed by atoms with Crippen molar-refractivity contribution in [3.05, 3.63) is 41.2 Å². The highest BCUT2D eigenvalue weighted by Gasteiger charge is 1.99. The Hall–Kier alpha value is -1.19. The lowest BCUT2D eigenvalue weighted by Crippen LogP contribution is -1.94. The van der Waals surface area contributed by atoms with Gasteiger partial charge in [-0.2, -0.15) is 0 Å². The highest BCUT2D eigenvalue weighted by molar-refractivity contribution is 5.53. The quantitative estimate of drug-likeness (QED) is 0.738. The first-order valence-corrected chi connectivity index (χ1v) is 4.04. The molecular formula is C10H12FNO. The van der Waals surface area contributed by atoms with Gasteiger partial charge < -0.3 is 10.8 Å². The first-order chi connectivity index (χ1) is 6.27. The average molecular weight is 181 g/mol. The van der Waals surface area contributed by atoms with Crippen molar-refractivity contribution in [1.82, 2.24) is 0 Å². The largest absolute Gasteiger partial charge is 0.392 e. The third-order valence-electron chi connectivity index (χ3n) is 1.71. The number of aliphatic hydroxyl groups excluding tert-OH is 1. The van der Waals surface area contributed by atoms with Crippen LogP contribution in [0, 0.1) is 5.82 Å². The molecule has 0 aliphatic rings. The van der Waals surface area contributed by atoms with Crippen molar-refractivity contribution in [2.45, 2.75) is 6.61 Å². The Morgan fingerprint density at radius 2 is 2.23 bits per heavy atom. The normalized spacial score (nSPS) is 11.0. The molecule has 0 spiro atoms. The van der Waals surface area contributed by atoms with E-state index in [2.05, 4.69) is 0 Å². The number of aliphatic hydroxyl groups is 1. The Labute approximate surface area is 76.5 Å². The van der Waals surface area contributed by atoms with Crippen molar-refractivity contribution in [2.24, 2.45) is 5.73 Å². The summed E-state index contributed by atoms with van der Waals surface area (Å²) in [4.78, 5) is 0. The van der Waals surface area contributed by atoms with Gasteiger partial charge in [-0.15, -0.1) is 0 Å². The molecular weight excluding hydrogens is 169 g/mol. The topological polar surface area (TPSA) is 46.2 Å². The van der Waals surface area contributed by atoms with Gasteiger partial charge in [0.2, 0.25) is 0 Å². The van der Waals surface area contributed by atoms with Crippen LogP contribution >= 0.6 is 0 Å². The Balaban J connectivity index is 3.01. The summed E-state index contributed by atoms with van der Waals surface area (Å²) in [6.45, 7) is 0.311. The van der Waals surface area contributed by atoms with E-state index in [1.807, 2.05) is 0 Å². The molecule has 70 valence electrons. The van der Waals surface area contributed by atoms with E-state index in [1.54, 1.807) is 18.2 Å². The summed E-state index contributed by atoms with van der Waals surface area (Å²) < 4.78 is 12.8. The van der Waals surface area contributed by atoms with Crippen molar-refractivity contribution < 1.29 is 9.50 Å². The molecule has 0 atom stereocenters. The molecule has 1 aromatic carbocycles. The number of hydrogen-bond donors (Lipinski definition) is 2. The first kappa shape index (κ1) is 9.89. The predicted molar refractivity (Wildman–Crippen MR) is 50.4 cm³/mol. The minimum atomic E-state index is -0.311. The molecule has 0 fully saturated rings. The van der Waals surface area contributed by atoms with Crippen LogP contribution in [0.2, 0.25) is 0 Å². The third kappa shape index (κ3) is 2.65. The molecule has 0 bridgehead atoms. The van der Waals surface area contributed by atoms with Crippen molar-refractivity contribution in [3.8, 4) is 0 Å². The molecule has 0 saturated heterocycles. The molecule has 0 radical (unpaired) electrons. The third-order valence-corrected chi connectivity index (χ3v) is 1.71. The van der Waals surface area contributed by atoms with Crippen LogP contribution in [0.3, 0.4) is 0 Å². The summed E-state index contributed by atoms with van der Waals surface area (Å²) >= 11 is 0. The van der Waals surface area contributed by atoms with Crippen LogP contribution < -0.4 is 5.73 Å². The number of hydrogen-bond acceptors (Lipinski definition) is 2. The van der Waals surface area contributed by atoms with E-state index < -0.39 is 0 Å². The van der Waals surface area contributed by atoms with E-state index in [-0.39, 0.29) is 12.4 Å². The molecule has 0 aliphatic heterocycles. The highest BCUT2D eigenvalue weighted by Crippen LogP contribution is 2.12.